The molecule has 0 aliphatic carbocycles. The van der Waals surface area contributed by atoms with Crippen molar-refractivity contribution in [3.8, 4) is 5.75 Å². The molecule has 1 rings (SSSR count). The highest BCUT2D eigenvalue weighted by Crippen LogP contribution is 2.28. The second-order valence-electron chi connectivity index (χ2n) is 3.61. The summed E-state index contributed by atoms with van der Waals surface area (Å²) in [5, 5.41) is 3.26. The van der Waals surface area contributed by atoms with Gasteiger partial charge in [0.15, 0.2) is 0 Å². The van der Waals surface area contributed by atoms with Crippen LogP contribution in [0.25, 0.3) is 0 Å². The highest BCUT2D eigenvalue weighted by atomic mass is 16.5. The van der Waals surface area contributed by atoms with E-state index in [1.807, 2.05) is 13.1 Å². The van der Waals surface area contributed by atoms with Crippen LogP contribution in [0.4, 0.5) is 0 Å². The van der Waals surface area contributed by atoms with E-state index < -0.39 is 0 Å². The molecule has 0 heterocycles. The summed E-state index contributed by atoms with van der Waals surface area (Å²) in [6.45, 7) is 5.83. The third-order valence-electron chi connectivity index (χ3n) is 2.52. The second kappa shape index (κ2) is 5.56. The van der Waals surface area contributed by atoms with Crippen molar-refractivity contribution >= 4 is 0 Å². The van der Waals surface area contributed by atoms with Crippen molar-refractivity contribution in [2.24, 2.45) is 0 Å². The Morgan fingerprint density at radius 1 is 1.53 bits per heavy atom. The Labute approximate surface area is 92.0 Å². The van der Waals surface area contributed by atoms with E-state index in [4.69, 9.17) is 4.74 Å². The van der Waals surface area contributed by atoms with Crippen LogP contribution in [0, 0.1) is 6.92 Å². The lowest BCUT2D eigenvalue weighted by atomic mass is 10.0. The van der Waals surface area contributed by atoms with E-state index in [0.29, 0.717) is 0 Å². The normalized spacial score (nSPS) is 12.2. The quantitative estimate of drug-likeness (QED) is 0.746. The average Bonchev–Trinajstić information content (AvgIpc) is 2.26. The predicted octanol–water partition coefficient (Wildman–Crippen LogP) is 2.84. The van der Waals surface area contributed by atoms with Gasteiger partial charge in [0.1, 0.15) is 5.75 Å². The van der Waals surface area contributed by atoms with Crippen molar-refractivity contribution in [3.05, 3.63) is 42.0 Å². The lowest BCUT2D eigenvalue weighted by Gasteiger charge is -2.18. The van der Waals surface area contributed by atoms with Crippen molar-refractivity contribution in [2.45, 2.75) is 19.4 Å². The smallest absolute Gasteiger partial charge is 0.123 e. The molecule has 1 aromatic carbocycles. The van der Waals surface area contributed by atoms with Crippen LogP contribution in [0.3, 0.4) is 0 Å². The Bertz CT molecular complexity index is 333. The van der Waals surface area contributed by atoms with Crippen LogP contribution in [0.15, 0.2) is 30.9 Å². The minimum atomic E-state index is 0.276. The maximum Gasteiger partial charge on any atom is 0.123 e. The van der Waals surface area contributed by atoms with Crippen molar-refractivity contribution < 1.29 is 4.74 Å². The van der Waals surface area contributed by atoms with Crippen LogP contribution in [0.2, 0.25) is 0 Å². The summed E-state index contributed by atoms with van der Waals surface area (Å²) in [7, 11) is 3.66. The summed E-state index contributed by atoms with van der Waals surface area (Å²) in [5.41, 5.74) is 2.40. The van der Waals surface area contributed by atoms with Gasteiger partial charge in [0.2, 0.25) is 0 Å². The van der Waals surface area contributed by atoms with Gasteiger partial charge in [-0.1, -0.05) is 18.2 Å². The van der Waals surface area contributed by atoms with Crippen LogP contribution < -0.4 is 10.1 Å². The first-order valence-electron chi connectivity index (χ1n) is 5.15. The molecule has 0 aliphatic heterocycles. The highest BCUT2D eigenvalue weighted by molar-refractivity contribution is 5.39. The number of methoxy groups -OCH3 is 1. The van der Waals surface area contributed by atoms with Gasteiger partial charge in [0.05, 0.1) is 7.11 Å². The lowest BCUT2D eigenvalue weighted by Crippen LogP contribution is -2.16. The summed E-state index contributed by atoms with van der Waals surface area (Å²) < 4.78 is 5.38. The molecule has 2 nitrogen and oxygen atoms in total. The Balaban J connectivity index is 3.04. The SMILES string of the molecule is C=CCC(NC)c1ccc(C)cc1OC. The molecule has 0 spiro atoms. The molecule has 0 saturated carbocycles. The zero-order valence-corrected chi connectivity index (χ0v) is 9.71. The van der Waals surface area contributed by atoms with Gasteiger partial charge in [-0.25, -0.2) is 0 Å². The van der Waals surface area contributed by atoms with E-state index in [1.54, 1.807) is 7.11 Å². The molecule has 0 aromatic heterocycles. The molecule has 2 heteroatoms. The minimum Gasteiger partial charge on any atom is -0.496 e. The molecule has 15 heavy (non-hydrogen) atoms. The van der Waals surface area contributed by atoms with E-state index in [1.165, 1.54) is 11.1 Å². The number of nitrogens with one attached hydrogen (secondary N) is 1. The van der Waals surface area contributed by atoms with Crippen LogP contribution >= 0.6 is 0 Å². The molecular weight excluding hydrogens is 186 g/mol. The largest absolute Gasteiger partial charge is 0.496 e. The summed E-state index contributed by atoms with van der Waals surface area (Å²) in [6.07, 6.45) is 2.82. The van der Waals surface area contributed by atoms with E-state index >= 15 is 0 Å². The standard InChI is InChI=1S/C13H19NO/c1-5-6-12(14-3)11-8-7-10(2)9-13(11)15-4/h5,7-9,12,14H,1,6H2,2-4H3. The molecule has 1 unspecified atom stereocenters. The van der Waals surface area contributed by atoms with E-state index in [2.05, 4.69) is 37.0 Å². The molecule has 1 aromatic rings. The number of hydrogen-bond acceptors (Lipinski definition) is 2. The maximum absolute atomic E-state index is 5.38. The molecule has 0 fully saturated rings. The zero-order valence-electron chi connectivity index (χ0n) is 9.71. The summed E-state index contributed by atoms with van der Waals surface area (Å²) in [5.74, 6) is 0.941. The molecule has 0 saturated heterocycles. The Morgan fingerprint density at radius 3 is 2.80 bits per heavy atom. The second-order valence-corrected chi connectivity index (χ2v) is 3.61. The van der Waals surface area contributed by atoms with Crippen molar-refractivity contribution in [3.63, 3.8) is 0 Å². The third-order valence-corrected chi connectivity index (χ3v) is 2.52. The Kier molecular flexibility index (Phi) is 4.37. The predicted molar refractivity (Wildman–Crippen MR) is 64.3 cm³/mol. The first-order chi connectivity index (χ1) is 7.22. The van der Waals surface area contributed by atoms with Crippen LogP contribution in [0.5, 0.6) is 5.75 Å². The van der Waals surface area contributed by atoms with Gasteiger partial charge in [0.25, 0.3) is 0 Å². The van der Waals surface area contributed by atoms with Gasteiger partial charge in [-0.05, 0) is 32.0 Å². The monoisotopic (exact) mass is 205 g/mol. The van der Waals surface area contributed by atoms with Gasteiger partial charge >= 0.3 is 0 Å². The van der Waals surface area contributed by atoms with Crippen LogP contribution in [-0.4, -0.2) is 14.2 Å². The maximum atomic E-state index is 5.38. The fraction of sp³-hybridized carbons (Fsp3) is 0.385. The van der Waals surface area contributed by atoms with Crippen molar-refractivity contribution in [1.29, 1.82) is 0 Å². The summed E-state index contributed by atoms with van der Waals surface area (Å²) in [6, 6.07) is 6.55. The van der Waals surface area contributed by atoms with Crippen molar-refractivity contribution in [2.75, 3.05) is 14.2 Å². The number of ether oxygens (including phenoxy) is 1. The number of hydrogen-bond donors (Lipinski definition) is 1. The summed E-state index contributed by atoms with van der Waals surface area (Å²) >= 11 is 0. The number of aryl methyl sites for hydroxylation is 1. The lowest BCUT2D eigenvalue weighted by molar-refractivity contribution is 0.401. The van der Waals surface area contributed by atoms with E-state index in [9.17, 15) is 0 Å². The van der Waals surface area contributed by atoms with Crippen LogP contribution in [-0.2, 0) is 0 Å². The molecule has 0 bridgehead atoms. The fourth-order valence-corrected chi connectivity index (χ4v) is 1.67. The molecule has 0 amide bonds. The summed E-state index contributed by atoms with van der Waals surface area (Å²) in [4.78, 5) is 0. The molecule has 0 aliphatic rings. The first-order valence-corrected chi connectivity index (χ1v) is 5.15. The number of benzene rings is 1. The van der Waals surface area contributed by atoms with E-state index in [0.717, 1.165) is 12.2 Å². The highest BCUT2D eigenvalue weighted by Gasteiger charge is 2.12. The molecule has 1 atom stereocenters. The Morgan fingerprint density at radius 2 is 2.27 bits per heavy atom. The van der Waals surface area contributed by atoms with Gasteiger partial charge in [-0.3, -0.25) is 0 Å². The molecule has 82 valence electrons. The molecule has 1 N–H and O–H groups in total. The third kappa shape index (κ3) is 2.83. The fourth-order valence-electron chi connectivity index (χ4n) is 1.67. The van der Waals surface area contributed by atoms with Gasteiger partial charge < -0.3 is 10.1 Å². The van der Waals surface area contributed by atoms with Gasteiger partial charge in [0, 0.05) is 11.6 Å². The van der Waals surface area contributed by atoms with E-state index in [-0.39, 0.29) is 6.04 Å². The zero-order chi connectivity index (χ0) is 11.3. The topological polar surface area (TPSA) is 21.3 Å². The number of rotatable bonds is 5. The average molecular weight is 205 g/mol. The Hall–Kier alpha value is -1.28. The molecular formula is C13H19NO. The minimum absolute atomic E-state index is 0.276. The van der Waals surface area contributed by atoms with Gasteiger partial charge in [-0.2, -0.15) is 0 Å². The van der Waals surface area contributed by atoms with Crippen LogP contribution in [0.1, 0.15) is 23.6 Å². The van der Waals surface area contributed by atoms with Gasteiger partial charge in [-0.15, -0.1) is 6.58 Å². The van der Waals surface area contributed by atoms with Crippen molar-refractivity contribution in [1.82, 2.24) is 5.32 Å². The first kappa shape index (κ1) is 11.8. The molecule has 0 radical (unpaired) electrons.